The van der Waals surface area contributed by atoms with E-state index in [-0.39, 0.29) is 18.1 Å². The van der Waals surface area contributed by atoms with Crippen LogP contribution in [0.2, 0.25) is 0 Å². The fraction of sp³-hybridized carbons (Fsp3) is 0.150. The number of ether oxygens (including phenoxy) is 1. The molecule has 0 saturated carbocycles. The maximum atomic E-state index is 12.1. The molecule has 3 aromatic carbocycles. The zero-order valence-corrected chi connectivity index (χ0v) is 13.7. The molecular weight excluding hydrogens is 343 g/mol. The zero-order chi connectivity index (χ0) is 18.6. The molecule has 0 aliphatic carbocycles. The van der Waals surface area contributed by atoms with Gasteiger partial charge in [-0.15, -0.1) is 13.2 Å². The third-order valence-corrected chi connectivity index (χ3v) is 3.87. The third kappa shape index (κ3) is 4.75. The molecule has 0 fully saturated rings. The Morgan fingerprint density at radius 3 is 2.35 bits per heavy atom. The van der Waals surface area contributed by atoms with E-state index in [1.54, 1.807) is 0 Å². The number of carbonyl (C=O) groups excluding carboxylic acids is 1. The summed E-state index contributed by atoms with van der Waals surface area (Å²) in [5.41, 5.74) is 1.50. The van der Waals surface area contributed by atoms with E-state index in [0.29, 0.717) is 12.1 Å². The number of halogens is 3. The molecule has 1 amide bonds. The highest BCUT2D eigenvalue weighted by Gasteiger charge is 2.30. The van der Waals surface area contributed by atoms with E-state index in [2.05, 4.69) is 10.1 Å². The molecule has 134 valence electrons. The van der Waals surface area contributed by atoms with Crippen molar-refractivity contribution in [3.63, 3.8) is 0 Å². The van der Waals surface area contributed by atoms with Gasteiger partial charge in [-0.3, -0.25) is 4.79 Å². The summed E-state index contributed by atoms with van der Waals surface area (Å²) in [7, 11) is 0. The van der Waals surface area contributed by atoms with E-state index in [0.717, 1.165) is 28.5 Å². The lowest BCUT2D eigenvalue weighted by molar-refractivity contribution is -0.274. The van der Waals surface area contributed by atoms with Crippen molar-refractivity contribution in [2.75, 3.05) is 5.32 Å². The lowest BCUT2D eigenvalue weighted by Gasteiger charge is -2.10. The van der Waals surface area contributed by atoms with Crippen molar-refractivity contribution in [3.8, 4) is 5.75 Å². The topological polar surface area (TPSA) is 38.3 Å². The average molecular weight is 359 g/mol. The van der Waals surface area contributed by atoms with E-state index in [4.69, 9.17) is 0 Å². The first-order chi connectivity index (χ1) is 12.4. The molecule has 0 bridgehead atoms. The van der Waals surface area contributed by atoms with Gasteiger partial charge in [0.05, 0.1) is 0 Å². The molecule has 3 rings (SSSR count). The van der Waals surface area contributed by atoms with Gasteiger partial charge in [0.15, 0.2) is 0 Å². The molecule has 0 aliphatic heterocycles. The van der Waals surface area contributed by atoms with Gasteiger partial charge in [0.2, 0.25) is 5.91 Å². The molecule has 0 atom stereocenters. The minimum absolute atomic E-state index is 0.206. The predicted octanol–water partition coefficient (Wildman–Crippen LogP) is 5.31. The molecule has 3 nitrogen and oxygen atoms in total. The van der Waals surface area contributed by atoms with Crippen LogP contribution < -0.4 is 10.1 Å². The summed E-state index contributed by atoms with van der Waals surface area (Å²) in [4.78, 5) is 12.1. The van der Waals surface area contributed by atoms with E-state index in [1.165, 1.54) is 12.1 Å². The summed E-state index contributed by atoms with van der Waals surface area (Å²) in [5.74, 6) is -0.534. The van der Waals surface area contributed by atoms with Crippen LogP contribution in [0.3, 0.4) is 0 Å². The Morgan fingerprint density at radius 2 is 1.62 bits per heavy atom. The summed E-state index contributed by atoms with van der Waals surface area (Å²) >= 11 is 0. The van der Waals surface area contributed by atoms with Crippen molar-refractivity contribution in [3.05, 3.63) is 72.3 Å². The molecule has 0 aliphatic rings. The summed E-state index contributed by atoms with van der Waals surface area (Å²) in [6, 6.07) is 19.0. The Hall–Kier alpha value is -3.02. The highest BCUT2D eigenvalue weighted by Crippen LogP contribution is 2.24. The second kappa shape index (κ2) is 7.47. The van der Waals surface area contributed by atoms with Gasteiger partial charge in [0, 0.05) is 12.1 Å². The molecule has 0 radical (unpaired) electrons. The van der Waals surface area contributed by atoms with Gasteiger partial charge in [-0.05, 0) is 47.0 Å². The first-order valence-electron chi connectivity index (χ1n) is 8.03. The zero-order valence-electron chi connectivity index (χ0n) is 13.7. The maximum absolute atomic E-state index is 12.1. The summed E-state index contributed by atoms with van der Waals surface area (Å²) in [5, 5.41) is 4.90. The molecule has 26 heavy (non-hydrogen) atoms. The SMILES string of the molecule is O=C(CCc1cccc2ccccc12)Nc1ccc(OC(F)(F)F)cc1. The summed E-state index contributed by atoms with van der Waals surface area (Å²) in [6.07, 6.45) is -3.89. The highest BCUT2D eigenvalue weighted by molar-refractivity contribution is 5.91. The van der Waals surface area contributed by atoms with Crippen LogP contribution in [-0.4, -0.2) is 12.3 Å². The first-order valence-corrected chi connectivity index (χ1v) is 8.03. The summed E-state index contributed by atoms with van der Waals surface area (Å²) in [6.45, 7) is 0. The molecule has 3 aromatic rings. The van der Waals surface area contributed by atoms with Crippen LogP contribution in [-0.2, 0) is 11.2 Å². The number of alkyl halides is 3. The molecule has 0 saturated heterocycles. The van der Waals surface area contributed by atoms with E-state index < -0.39 is 6.36 Å². The molecule has 0 aromatic heterocycles. The molecule has 0 heterocycles. The van der Waals surface area contributed by atoms with Crippen molar-refractivity contribution in [2.24, 2.45) is 0 Å². The van der Waals surface area contributed by atoms with E-state index >= 15 is 0 Å². The van der Waals surface area contributed by atoms with Crippen molar-refractivity contribution < 1.29 is 22.7 Å². The van der Waals surface area contributed by atoms with Crippen LogP contribution in [0.25, 0.3) is 10.8 Å². The lowest BCUT2D eigenvalue weighted by atomic mass is 10.0. The number of nitrogens with one attached hydrogen (secondary N) is 1. The maximum Gasteiger partial charge on any atom is 0.573 e. The number of hydrogen-bond acceptors (Lipinski definition) is 2. The number of hydrogen-bond donors (Lipinski definition) is 1. The van der Waals surface area contributed by atoms with Crippen LogP contribution >= 0.6 is 0 Å². The van der Waals surface area contributed by atoms with E-state index in [9.17, 15) is 18.0 Å². The van der Waals surface area contributed by atoms with Gasteiger partial charge in [-0.1, -0.05) is 42.5 Å². The van der Waals surface area contributed by atoms with Crippen LogP contribution in [0.1, 0.15) is 12.0 Å². The Balaban J connectivity index is 1.59. The fourth-order valence-corrected chi connectivity index (χ4v) is 2.72. The smallest absolute Gasteiger partial charge is 0.406 e. The Morgan fingerprint density at radius 1 is 0.923 bits per heavy atom. The van der Waals surface area contributed by atoms with Gasteiger partial charge in [0.25, 0.3) is 0 Å². The number of aryl methyl sites for hydroxylation is 1. The standard InChI is InChI=1S/C20H16F3NO2/c21-20(22,23)26-17-11-9-16(10-12-17)24-19(25)13-8-15-6-3-5-14-4-1-2-7-18(14)15/h1-7,9-12H,8,13H2,(H,24,25). The van der Waals surface area contributed by atoms with Gasteiger partial charge < -0.3 is 10.1 Å². The first kappa shape index (κ1) is 17.8. The van der Waals surface area contributed by atoms with Crippen molar-refractivity contribution in [1.29, 1.82) is 0 Å². The molecule has 1 N–H and O–H groups in total. The molecular formula is C20H16F3NO2. The Labute approximate surface area is 148 Å². The quantitative estimate of drug-likeness (QED) is 0.670. The third-order valence-electron chi connectivity index (χ3n) is 3.87. The van der Waals surface area contributed by atoms with Crippen molar-refractivity contribution in [1.82, 2.24) is 0 Å². The van der Waals surface area contributed by atoms with Crippen LogP contribution in [0.4, 0.5) is 18.9 Å². The van der Waals surface area contributed by atoms with Crippen molar-refractivity contribution >= 4 is 22.4 Å². The van der Waals surface area contributed by atoms with Gasteiger partial charge in [0.1, 0.15) is 5.75 Å². The number of anilines is 1. The van der Waals surface area contributed by atoms with Gasteiger partial charge >= 0.3 is 6.36 Å². The monoisotopic (exact) mass is 359 g/mol. The number of carbonyl (C=O) groups is 1. The van der Waals surface area contributed by atoms with Gasteiger partial charge in [-0.2, -0.15) is 0 Å². The van der Waals surface area contributed by atoms with Crippen LogP contribution in [0, 0.1) is 0 Å². The van der Waals surface area contributed by atoms with Crippen LogP contribution in [0.15, 0.2) is 66.7 Å². The number of fused-ring (bicyclic) bond motifs is 1. The molecule has 0 spiro atoms. The number of amides is 1. The second-order valence-corrected chi connectivity index (χ2v) is 5.76. The Bertz CT molecular complexity index is 900. The Kier molecular flexibility index (Phi) is 5.11. The van der Waals surface area contributed by atoms with Gasteiger partial charge in [-0.25, -0.2) is 0 Å². The highest BCUT2D eigenvalue weighted by atomic mass is 19.4. The van der Waals surface area contributed by atoms with E-state index in [1.807, 2.05) is 42.5 Å². The molecule has 0 unspecified atom stereocenters. The van der Waals surface area contributed by atoms with Crippen molar-refractivity contribution in [2.45, 2.75) is 19.2 Å². The lowest BCUT2D eigenvalue weighted by Crippen LogP contribution is -2.17. The minimum atomic E-state index is -4.73. The second-order valence-electron chi connectivity index (χ2n) is 5.76. The number of benzene rings is 3. The fourth-order valence-electron chi connectivity index (χ4n) is 2.72. The minimum Gasteiger partial charge on any atom is -0.406 e. The average Bonchev–Trinajstić information content (AvgIpc) is 2.60. The predicted molar refractivity (Wildman–Crippen MR) is 94.0 cm³/mol. The summed E-state index contributed by atoms with van der Waals surface area (Å²) < 4.78 is 40.2. The number of rotatable bonds is 5. The molecule has 6 heteroatoms. The largest absolute Gasteiger partial charge is 0.573 e. The van der Waals surface area contributed by atoms with Crippen LogP contribution in [0.5, 0.6) is 5.75 Å². The normalized spacial score (nSPS) is 11.3.